The number of nitrogens with one attached hydrogen (secondary N) is 2. The highest BCUT2D eigenvalue weighted by Crippen LogP contribution is 2.06. The Labute approximate surface area is 162 Å². The van der Waals surface area contributed by atoms with Crippen molar-refractivity contribution in [2.24, 2.45) is 5.73 Å². The van der Waals surface area contributed by atoms with Gasteiger partial charge in [0, 0.05) is 17.2 Å². The number of hydroxylamine groups is 1. The van der Waals surface area contributed by atoms with Gasteiger partial charge in [0.05, 0.1) is 0 Å². The molecule has 2 amide bonds. The van der Waals surface area contributed by atoms with Gasteiger partial charge in [0.25, 0.3) is 11.8 Å². The van der Waals surface area contributed by atoms with Gasteiger partial charge in [-0.1, -0.05) is 24.0 Å². The Morgan fingerprint density at radius 2 is 1.79 bits per heavy atom. The van der Waals surface area contributed by atoms with Crippen molar-refractivity contribution in [3.05, 3.63) is 77.1 Å². The molecule has 0 bridgehead atoms. The van der Waals surface area contributed by atoms with E-state index in [0.717, 1.165) is 5.56 Å². The molecular weight excluding hydrogens is 361 g/mol. The Bertz CT molecular complexity index is 911. The van der Waals surface area contributed by atoms with Crippen LogP contribution in [0.5, 0.6) is 0 Å². The van der Waals surface area contributed by atoms with Crippen molar-refractivity contribution in [3.63, 3.8) is 0 Å². The Morgan fingerprint density at radius 1 is 1.14 bits per heavy atom. The molecule has 0 saturated heterocycles. The van der Waals surface area contributed by atoms with E-state index in [2.05, 4.69) is 17.2 Å². The fourth-order valence-electron chi connectivity index (χ4n) is 2.27. The number of hydrogen-bond acceptors (Lipinski definition) is 4. The molecule has 0 saturated carbocycles. The van der Waals surface area contributed by atoms with E-state index in [9.17, 15) is 14.0 Å². The van der Waals surface area contributed by atoms with Crippen molar-refractivity contribution in [1.82, 2.24) is 10.8 Å². The molecule has 2 aromatic carbocycles. The number of carbonyl (C=O) groups excluding carboxylic acids is 2. The molecule has 0 fully saturated rings. The minimum absolute atomic E-state index is 0.295. The zero-order chi connectivity index (χ0) is 20.5. The summed E-state index contributed by atoms with van der Waals surface area (Å²) in [5, 5.41) is 11.2. The van der Waals surface area contributed by atoms with Gasteiger partial charge in [-0.15, -0.1) is 0 Å². The van der Waals surface area contributed by atoms with Crippen LogP contribution >= 0.6 is 0 Å². The van der Waals surface area contributed by atoms with E-state index in [1.807, 2.05) is 0 Å². The maximum absolute atomic E-state index is 12.8. The number of amides is 2. The predicted molar refractivity (Wildman–Crippen MR) is 104 cm³/mol. The van der Waals surface area contributed by atoms with Crippen molar-refractivity contribution in [2.45, 2.75) is 19.0 Å². The van der Waals surface area contributed by atoms with Crippen molar-refractivity contribution in [3.8, 4) is 11.8 Å². The Morgan fingerprint density at radius 3 is 2.36 bits per heavy atom. The lowest BCUT2D eigenvalue weighted by molar-refractivity contribution is -0.131. The second-order valence-electron chi connectivity index (χ2n) is 6.02. The van der Waals surface area contributed by atoms with E-state index in [1.165, 1.54) is 17.6 Å². The molecule has 0 aliphatic rings. The number of allylic oxidation sites excluding steroid dienone is 1. The zero-order valence-corrected chi connectivity index (χ0v) is 15.1. The van der Waals surface area contributed by atoms with Gasteiger partial charge in [0.1, 0.15) is 11.9 Å². The standard InChI is InChI=1S/C21H20FN3O3/c1-14(23)19(21(27)25-28)24-20(26)17-10-6-15(7-11-17)4-2-3-5-16-8-12-18(22)13-9-16/h3,5-14,19,28H,23H2,1H3,(H,24,26)(H,25,27)/b5-3+/t14-,19+/m1/s1. The molecule has 0 spiro atoms. The number of benzene rings is 2. The SMILES string of the molecule is C[C@@H](N)[C@H](NC(=O)c1ccc(C#C/C=C/c2ccc(F)cc2)cc1)C(=O)NO. The summed E-state index contributed by atoms with van der Waals surface area (Å²) in [7, 11) is 0. The summed E-state index contributed by atoms with van der Waals surface area (Å²) in [4.78, 5) is 23.8. The van der Waals surface area contributed by atoms with E-state index in [4.69, 9.17) is 10.9 Å². The maximum atomic E-state index is 12.8. The Balaban J connectivity index is 2.00. The minimum atomic E-state index is -1.06. The van der Waals surface area contributed by atoms with Crippen LogP contribution in [0.1, 0.15) is 28.4 Å². The maximum Gasteiger partial charge on any atom is 0.267 e. The second-order valence-corrected chi connectivity index (χ2v) is 6.02. The van der Waals surface area contributed by atoms with E-state index in [1.54, 1.807) is 55.5 Å². The van der Waals surface area contributed by atoms with Crippen molar-refractivity contribution in [2.75, 3.05) is 0 Å². The second kappa shape index (κ2) is 10.0. The van der Waals surface area contributed by atoms with Gasteiger partial charge in [-0.2, -0.15) is 0 Å². The topological polar surface area (TPSA) is 104 Å². The fraction of sp³-hybridized carbons (Fsp3) is 0.143. The number of hydrogen-bond donors (Lipinski definition) is 4. The van der Waals surface area contributed by atoms with Crippen LogP contribution in [0, 0.1) is 17.7 Å². The van der Waals surface area contributed by atoms with Gasteiger partial charge < -0.3 is 11.1 Å². The summed E-state index contributed by atoms with van der Waals surface area (Å²) in [6, 6.07) is 10.8. The summed E-state index contributed by atoms with van der Waals surface area (Å²) < 4.78 is 12.8. The van der Waals surface area contributed by atoms with Gasteiger partial charge in [0.15, 0.2) is 0 Å². The molecule has 6 nitrogen and oxygen atoms in total. The van der Waals surface area contributed by atoms with Gasteiger partial charge in [-0.25, -0.2) is 9.87 Å². The van der Waals surface area contributed by atoms with E-state index >= 15 is 0 Å². The lowest BCUT2D eigenvalue weighted by Crippen LogP contribution is -2.54. The lowest BCUT2D eigenvalue weighted by Gasteiger charge is -2.19. The third kappa shape index (κ3) is 6.06. The average Bonchev–Trinajstić information content (AvgIpc) is 2.70. The van der Waals surface area contributed by atoms with Gasteiger partial charge >= 0.3 is 0 Å². The summed E-state index contributed by atoms with van der Waals surface area (Å²) in [5.74, 6) is 4.19. The molecule has 0 heterocycles. The third-order valence-corrected chi connectivity index (χ3v) is 3.80. The van der Waals surface area contributed by atoms with Crippen LogP contribution < -0.4 is 16.5 Å². The van der Waals surface area contributed by atoms with Gasteiger partial charge in [-0.3, -0.25) is 14.8 Å². The number of rotatable bonds is 5. The molecule has 28 heavy (non-hydrogen) atoms. The van der Waals surface area contributed by atoms with Crippen LogP contribution in [0.15, 0.2) is 54.6 Å². The van der Waals surface area contributed by atoms with Crippen LogP contribution in [-0.2, 0) is 4.79 Å². The highest BCUT2D eigenvalue weighted by atomic mass is 19.1. The van der Waals surface area contributed by atoms with Crippen LogP contribution in [0.25, 0.3) is 6.08 Å². The number of nitrogens with two attached hydrogens (primary N) is 1. The average molecular weight is 381 g/mol. The quantitative estimate of drug-likeness (QED) is 0.360. The zero-order valence-electron chi connectivity index (χ0n) is 15.1. The van der Waals surface area contributed by atoms with Crippen molar-refractivity contribution in [1.29, 1.82) is 0 Å². The first-order chi connectivity index (χ1) is 13.4. The molecule has 2 rings (SSSR count). The van der Waals surface area contributed by atoms with Crippen LogP contribution in [0.3, 0.4) is 0 Å². The molecule has 0 unspecified atom stereocenters. The smallest absolute Gasteiger partial charge is 0.267 e. The summed E-state index contributed by atoms with van der Waals surface area (Å²) in [6.45, 7) is 1.54. The summed E-state index contributed by atoms with van der Waals surface area (Å²) in [6.07, 6.45) is 3.41. The minimum Gasteiger partial charge on any atom is -0.339 e. The molecule has 2 aromatic rings. The molecule has 7 heteroatoms. The molecule has 5 N–H and O–H groups in total. The monoisotopic (exact) mass is 381 g/mol. The highest BCUT2D eigenvalue weighted by molar-refractivity contribution is 5.97. The van der Waals surface area contributed by atoms with Gasteiger partial charge in [0.2, 0.25) is 0 Å². The van der Waals surface area contributed by atoms with Crippen LogP contribution in [0.4, 0.5) is 4.39 Å². The fourth-order valence-corrected chi connectivity index (χ4v) is 2.27. The number of carbonyl (C=O) groups is 2. The first-order valence-corrected chi connectivity index (χ1v) is 8.45. The summed E-state index contributed by atoms with van der Waals surface area (Å²) in [5.41, 5.74) is 8.98. The van der Waals surface area contributed by atoms with Gasteiger partial charge in [-0.05, 0) is 61.0 Å². The molecule has 0 aromatic heterocycles. The van der Waals surface area contributed by atoms with Crippen LogP contribution in [0.2, 0.25) is 0 Å². The Kier molecular flexibility index (Phi) is 7.45. The van der Waals surface area contributed by atoms with E-state index in [-0.39, 0.29) is 5.82 Å². The van der Waals surface area contributed by atoms with Crippen molar-refractivity contribution < 1.29 is 19.2 Å². The van der Waals surface area contributed by atoms with E-state index in [0.29, 0.717) is 11.1 Å². The molecule has 0 aliphatic heterocycles. The first kappa shape index (κ1) is 20.8. The molecule has 0 radical (unpaired) electrons. The van der Waals surface area contributed by atoms with Crippen LogP contribution in [-0.4, -0.2) is 29.1 Å². The molecule has 2 atom stereocenters. The Hall–Kier alpha value is -3.47. The lowest BCUT2D eigenvalue weighted by atomic mass is 10.1. The normalized spacial score (nSPS) is 12.6. The molecule has 0 aliphatic carbocycles. The highest BCUT2D eigenvalue weighted by Gasteiger charge is 2.24. The predicted octanol–water partition coefficient (Wildman–Crippen LogP) is 1.84. The molecular formula is C21H20FN3O3. The first-order valence-electron chi connectivity index (χ1n) is 8.45. The molecule has 144 valence electrons. The number of halogens is 1. The summed E-state index contributed by atoms with van der Waals surface area (Å²) >= 11 is 0. The largest absolute Gasteiger partial charge is 0.339 e. The van der Waals surface area contributed by atoms with Crippen molar-refractivity contribution >= 4 is 17.9 Å². The third-order valence-electron chi connectivity index (χ3n) is 3.80. The van der Waals surface area contributed by atoms with E-state index < -0.39 is 23.9 Å².